The maximum atomic E-state index is 11.8. The van der Waals surface area contributed by atoms with E-state index < -0.39 is 11.7 Å². The molecule has 102 valence electrons. The van der Waals surface area contributed by atoms with Crippen molar-refractivity contribution in [2.45, 2.75) is 52.5 Å². The molecule has 0 bridgehead atoms. The maximum Gasteiger partial charge on any atom is 0.373 e. The Kier molecular flexibility index (Phi) is 4.94. The third-order valence-electron chi connectivity index (χ3n) is 2.78. The third-order valence-corrected chi connectivity index (χ3v) is 2.78. The van der Waals surface area contributed by atoms with Crippen LogP contribution < -0.4 is 16.8 Å². The molecular weight excluding hydrogens is 234 g/mol. The minimum Gasteiger partial charge on any atom is -0.334 e. The molecule has 0 fully saturated rings. The van der Waals surface area contributed by atoms with Crippen molar-refractivity contribution in [2.24, 2.45) is 0 Å². The lowest BCUT2D eigenvalue weighted by atomic mass is 10.1. The van der Waals surface area contributed by atoms with Gasteiger partial charge in [-0.05, 0) is 20.3 Å². The number of hydrogen-bond donors (Lipinski definition) is 2. The fraction of sp³-hybridized carbons (Fsp3) is 0.727. The number of nitrogens with one attached hydrogen (secondary N) is 1. The molecule has 0 aliphatic carbocycles. The van der Waals surface area contributed by atoms with E-state index in [1.807, 2.05) is 6.92 Å². The second kappa shape index (κ2) is 6.23. The first-order valence-electron chi connectivity index (χ1n) is 6.22. The summed E-state index contributed by atoms with van der Waals surface area (Å²) in [6, 6.07) is -0.518. The van der Waals surface area contributed by atoms with Gasteiger partial charge in [0.05, 0.1) is 0 Å². The minimum absolute atomic E-state index is 0.0131. The molecule has 1 aromatic rings. The van der Waals surface area contributed by atoms with Crippen LogP contribution in [-0.2, 0) is 0 Å². The van der Waals surface area contributed by atoms with Gasteiger partial charge in [0.2, 0.25) is 0 Å². The van der Waals surface area contributed by atoms with Gasteiger partial charge in [-0.15, -0.1) is 9.78 Å². The van der Waals surface area contributed by atoms with Crippen molar-refractivity contribution in [3.05, 3.63) is 16.3 Å². The summed E-state index contributed by atoms with van der Waals surface area (Å²) in [4.78, 5) is 23.3. The van der Waals surface area contributed by atoms with Crippen molar-refractivity contribution in [1.29, 1.82) is 0 Å². The topological polar surface area (TPSA) is 94.9 Å². The summed E-state index contributed by atoms with van der Waals surface area (Å²) in [7, 11) is 0. The second-order valence-corrected chi connectivity index (χ2v) is 4.46. The second-order valence-electron chi connectivity index (χ2n) is 4.46. The Morgan fingerprint density at radius 3 is 2.67 bits per heavy atom. The Morgan fingerprint density at radius 1 is 1.50 bits per heavy atom. The Bertz CT molecular complexity index is 462. The molecule has 1 atom stereocenters. The Balaban J connectivity index is 2.60. The smallest absolute Gasteiger partial charge is 0.334 e. The molecule has 1 unspecified atom stereocenters. The first-order valence-corrected chi connectivity index (χ1v) is 6.22. The standard InChI is InChI=1S/C11H21N5O2/c1-4-5-6-7-8(2)13-10(17)16-11(18)15(12)9(3)14-16/h8H,4-7,12H2,1-3H3,(H,13,17). The van der Waals surface area contributed by atoms with E-state index >= 15 is 0 Å². The van der Waals surface area contributed by atoms with Crippen molar-refractivity contribution in [3.8, 4) is 0 Å². The molecule has 0 aromatic carbocycles. The van der Waals surface area contributed by atoms with Crippen molar-refractivity contribution in [1.82, 2.24) is 19.8 Å². The quantitative estimate of drug-likeness (QED) is 0.594. The van der Waals surface area contributed by atoms with Gasteiger partial charge in [-0.1, -0.05) is 26.2 Å². The van der Waals surface area contributed by atoms with E-state index in [1.165, 1.54) is 0 Å². The Labute approximate surface area is 106 Å². The molecule has 1 rings (SSSR count). The monoisotopic (exact) mass is 255 g/mol. The number of aryl methyl sites for hydroxylation is 1. The molecule has 0 radical (unpaired) electrons. The summed E-state index contributed by atoms with van der Waals surface area (Å²) in [5.74, 6) is 5.71. The highest BCUT2D eigenvalue weighted by Gasteiger charge is 2.15. The Hall–Kier alpha value is -1.79. The lowest BCUT2D eigenvalue weighted by molar-refractivity contribution is 0.234. The van der Waals surface area contributed by atoms with Gasteiger partial charge in [0, 0.05) is 6.04 Å². The van der Waals surface area contributed by atoms with Gasteiger partial charge in [-0.25, -0.2) is 9.59 Å². The largest absolute Gasteiger partial charge is 0.373 e. The van der Waals surface area contributed by atoms with Crippen LogP contribution in [0.2, 0.25) is 0 Å². The predicted molar refractivity (Wildman–Crippen MR) is 68.9 cm³/mol. The number of unbranched alkanes of at least 4 members (excludes halogenated alkanes) is 2. The fourth-order valence-electron chi connectivity index (χ4n) is 1.65. The minimum atomic E-state index is -0.634. The number of nitrogen functional groups attached to an aromatic ring is 1. The SMILES string of the molecule is CCCCCC(C)NC(=O)n1nc(C)n(N)c1=O. The van der Waals surface area contributed by atoms with Gasteiger partial charge in [0.1, 0.15) is 0 Å². The van der Waals surface area contributed by atoms with Gasteiger partial charge < -0.3 is 11.2 Å². The lowest BCUT2D eigenvalue weighted by Crippen LogP contribution is -2.42. The van der Waals surface area contributed by atoms with Crippen molar-refractivity contribution < 1.29 is 4.79 Å². The highest BCUT2D eigenvalue weighted by atomic mass is 16.2. The van der Waals surface area contributed by atoms with E-state index in [0.717, 1.165) is 35.0 Å². The number of carbonyl (C=O) groups is 1. The zero-order chi connectivity index (χ0) is 13.7. The normalized spacial score (nSPS) is 12.4. The van der Waals surface area contributed by atoms with Crippen LogP contribution in [0.1, 0.15) is 45.4 Å². The maximum absolute atomic E-state index is 11.8. The van der Waals surface area contributed by atoms with Gasteiger partial charge >= 0.3 is 11.7 Å². The Morgan fingerprint density at radius 2 is 2.17 bits per heavy atom. The van der Waals surface area contributed by atoms with Crippen LogP contribution in [0.15, 0.2) is 4.79 Å². The summed E-state index contributed by atoms with van der Waals surface area (Å²) in [6.45, 7) is 5.60. The number of rotatable bonds is 5. The third kappa shape index (κ3) is 3.35. The summed E-state index contributed by atoms with van der Waals surface area (Å²) in [5, 5.41) is 6.52. The van der Waals surface area contributed by atoms with Crippen LogP contribution in [0.25, 0.3) is 0 Å². The number of nitrogens with two attached hydrogens (primary N) is 1. The molecule has 0 saturated heterocycles. The van der Waals surface area contributed by atoms with Crippen LogP contribution in [0.5, 0.6) is 0 Å². The number of hydrogen-bond acceptors (Lipinski definition) is 4. The molecule has 1 amide bonds. The molecule has 0 aliphatic rings. The van der Waals surface area contributed by atoms with Crippen molar-refractivity contribution in [3.63, 3.8) is 0 Å². The molecule has 3 N–H and O–H groups in total. The number of nitrogens with zero attached hydrogens (tertiary/aromatic N) is 3. The summed E-state index contributed by atoms with van der Waals surface area (Å²) >= 11 is 0. The first-order chi connectivity index (χ1) is 8.47. The van der Waals surface area contributed by atoms with E-state index in [0.29, 0.717) is 5.82 Å². The highest BCUT2D eigenvalue weighted by molar-refractivity contribution is 5.75. The molecular formula is C11H21N5O2. The van der Waals surface area contributed by atoms with Crippen LogP contribution in [-0.4, -0.2) is 26.5 Å². The van der Waals surface area contributed by atoms with Crippen LogP contribution >= 0.6 is 0 Å². The lowest BCUT2D eigenvalue weighted by Gasteiger charge is -2.12. The molecule has 0 saturated carbocycles. The van der Waals surface area contributed by atoms with Gasteiger partial charge in [-0.3, -0.25) is 0 Å². The number of carbonyl (C=O) groups excluding carboxylic acids is 1. The fourth-order valence-corrected chi connectivity index (χ4v) is 1.65. The molecule has 1 aromatic heterocycles. The number of aromatic nitrogens is 3. The van der Waals surface area contributed by atoms with E-state index in [9.17, 15) is 9.59 Å². The first kappa shape index (κ1) is 14.3. The molecule has 0 spiro atoms. The van der Waals surface area contributed by atoms with E-state index in [2.05, 4.69) is 17.3 Å². The predicted octanol–water partition coefficient (Wildman–Crippen LogP) is 0.594. The summed E-state index contributed by atoms with van der Waals surface area (Å²) < 4.78 is 1.60. The molecule has 7 nitrogen and oxygen atoms in total. The van der Waals surface area contributed by atoms with Crippen LogP contribution in [0.3, 0.4) is 0 Å². The zero-order valence-corrected chi connectivity index (χ0v) is 11.1. The van der Waals surface area contributed by atoms with E-state index in [4.69, 9.17) is 5.84 Å². The molecule has 0 aliphatic heterocycles. The van der Waals surface area contributed by atoms with E-state index in [1.54, 1.807) is 6.92 Å². The molecule has 1 heterocycles. The average Bonchev–Trinajstić information content (AvgIpc) is 2.57. The van der Waals surface area contributed by atoms with Gasteiger partial charge in [-0.2, -0.15) is 4.68 Å². The zero-order valence-electron chi connectivity index (χ0n) is 11.1. The van der Waals surface area contributed by atoms with Gasteiger partial charge in [0.15, 0.2) is 5.82 Å². The number of amides is 1. The molecule has 18 heavy (non-hydrogen) atoms. The van der Waals surface area contributed by atoms with Crippen LogP contribution in [0, 0.1) is 6.92 Å². The van der Waals surface area contributed by atoms with Gasteiger partial charge in [0.25, 0.3) is 0 Å². The highest BCUT2D eigenvalue weighted by Crippen LogP contribution is 2.02. The van der Waals surface area contributed by atoms with Crippen molar-refractivity contribution >= 4 is 6.03 Å². The van der Waals surface area contributed by atoms with Crippen LogP contribution in [0.4, 0.5) is 4.79 Å². The average molecular weight is 255 g/mol. The summed E-state index contributed by atoms with van der Waals surface area (Å²) in [5.41, 5.74) is -0.634. The van der Waals surface area contributed by atoms with Crippen molar-refractivity contribution in [2.75, 3.05) is 5.84 Å². The summed E-state index contributed by atoms with van der Waals surface area (Å²) in [6.07, 6.45) is 4.21. The molecule has 7 heteroatoms. The van der Waals surface area contributed by atoms with E-state index in [-0.39, 0.29) is 6.04 Å².